The van der Waals surface area contributed by atoms with Crippen LogP contribution in [0.3, 0.4) is 0 Å². The highest BCUT2D eigenvalue weighted by Crippen LogP contribution is 2.26. The van der Waals surface area contributed by atoms with Crippen LogP contribution in [0.25, 0.3) is 10.9 Å². The van der Waals surface area contributed by atoms with E-state index in [4.69, 9.17) is 0 Å². The minimum atomic E-state index is -0.253. The number of anilines is 1. The minimum absolute atomic E-state index is 0.0471. The van der Waals surface area contributed by atoms with Gasteiger partial charge in [0.2, 0.25) is 0 Å². The average molecular weight is 204 g/mol. The van der Waals surface area contributed by atoms with Gasteiger partial charge < -0.3 is 15.4 Å². The van der Waals surface area contributed by atoms with Gasteiger partial charge in [0.15, 0.2) is 0 Å². The van der Waals surface area contributed by atoms with Crippen molar-refractivity contribution < 1.29 is 5.11 Å². The number of fused-ring (bicyclic) bond motifs is 1. The summed E-state index contributed by atoms with van der Waals surface area (Å²) in [6.45, 7) is 1.60. The molecule has 0 aliphatic heterocycles. The number of hydrogen-bond acceptors (Lipinski definition) is 3. The standard InChI is InChI=1S/C11H12N2O2/c1-6-10(14)8-5-7(12-2)3-4-9(8)13-11(6)15/h3-5,12H,1-2H3,(H2,13,14,15). The molecular formula is C11H12N2O2. The first-order valence-corrected chi connectivity index (χ1v) is 4.67. The van der Waals surface area contributed by atoms with Crippen molar-refractivity contribution in [3.63, 3.8) is 0 Å². The van der Waals surface area contributed by atoms with E-state index >= 15 is 0 Å². The molecule has 0 saturated heterocycles. The number of H-pyrrole nitrogens is 1. The van der Waals surface area contributed by atoms with Crippen LogP contribution in [-0.4, -0.2) is 17.1 Å². The molecule has 2 rings (SSSR count). The van der Waals surface area contributed by atoms with Gasteiger partial charge >= 0.3 is 0 Å². The van der Waals surface area contributed by atoms with E-state index < -0.39 is 0 Å². The smallest absolute Gasteiger partial charge is 0.255 e. The Balaban J connectivity index is 2.87. The van der Waals surface area contributed by atoms with Gasteiger partial charge in [-0.15, -0.1) is 0 Å². The predicted molar refractivity (Wildman–Crippen MR) is 60.5 cm³/mol. The number of nitrogens with one attached hydrogen (secondary N) is 2. The maximum Gasteiger partial charge on any atom is 0.255 e. The largest absolute Gasteiger partial charge is 0.507 e. The van der Waals surface area contributed by atoms with Crippen molar-refractivity contribution in [1.29, 1.82) is 0 Å². The monoisotopic (exact) mass is 204 g/mol. The number of benzene rings is 1. The summed E-state index contributed by atoms with van der Waals surface area (Å²) in [5, 5.41) is 13.4. The lowest BCUT2D eigenvalue weighted by atomic mass is 10.1. The van der Waals surface area contributed by atoms with E-state index in [1.165, 1.54) is 0 Å². The molecule has 4 nitrogen and oxygen atoms in total. The highest BCUT2D eigenvalue weighted by molar-refractivity contribution is 5.88. The maximum atomic E-state index is 11.4. The van der Waals surface area contributed by atoms with Crippen LogP contribution in [0.4, 0.5) is 5.69 Å². The Hall–Kier alpha value is -1.97. The van der Waals surface area contributed by atoms with Gasteiger partial charge in [0.05, 0.1) is 11.1 Å². The van der Waals surface area contributed by atoms with Crippen molar-refractivity contribution in [3.8, 4) is 5.75 Å². The van der Waals surface area contributed by atoms with Crippen LogP contribution in [0.15, 0.2) is 23.0 Å². The maximum absolute atomic E-state index is 11.4. The molecule has 0 unspecified atom stereocenters. The van der Waals surface area contributed by atoms with E-state index in [1.807, 2.05) is 6.07 Å². The molecule has 2 aromatic rings. The third kappa shape index (κ3) is 1.44. The van der Waals surface area contributed by atoms with Gasteiger partial charge in [-0.3, -0.25) is 4.79 Å². The molecule has 4 heteroatoms. The van der Waals surface area contributed by atoms with Gasteiger partial charge in [0, 0.05) is 18.1 Å². The van der Waals surface area contributed by atoms with Gasteiger partial charge in [-0.2, -0.15) is 0 Å². The van der Waals surface area contributed by atoms with Gasteiger partial charge in [-0.25, -0.2) is 0 Å². The minimum Gasteiger partial charge on any atom is -0.507 e. The van der Waals surface area contributed by atoms with Crippen molar-refractivity contribution in [2.24, 2.45) is 0 Å². The summed E-state index contributed by atoms with van der Waals surface area (Å²) in [4.78, 5) is 14.1. The Morgan fingerprint density at radius 2 is 2.13 bits per heavy atom. The topological polar surface area (TPSA) is 65.1 Å². The van der Waals surface area contributed by atoms with Crippen molar-refractivity contribution in [3.05, 3.63) is 34.1 Å². The highest BCUT2D eigenvalue weighted by atomic mass is 16.3. The first-order chi connectivity index (χ1) is 7.13. The number of aromatic nitrogens is 1. The van der Waals surface area contributed by atoms with E-state index in [9.17, 15) is 9.90 Å². The second-order valence-corrected chi connectivity index (χ2v) is 3.44. The Morgan fingerprint density at radius 3 is 2.80 bits per heavy atom. The summed E-state index contributed by atoms with van der Waals surface area (Å²) in [5.41, 5.74) is 1.62. The van der Waals surface area contributed by atoms with Gasteiger partial charge in [-0.05, 0) is 25.1 Å². The summed E-state index contributed by atoms with van der Waals surface area (Å²) < 4.78 is 0. The molecule has 0 atom stereocenters. The summed E-state index contributed by atoms with van der Waals surface area (Å²) in [6, 6.07) is 5.41. The van der Waals surface area contributed by atoms with Crippen LogP contribution in [0.5, 0.6) is 5.75 Å². The van der Waals surface area contributed by atoms with Crippen molar-refractivity contribution >= 4 is 16.6 Å². The quantitative estimate of drug-likeness (QED) is 0.660. The van der Waals surface area contributed by atoms with E-state index in [0.717, 1.165) is 5.69 Å². The molecule has 1 aromatic heterocycles. The molecule has 1 heterocycles. The second kappa shape index (κ2) is 3.31. The van der Waals surface area contributed by atoms with E-state index in [2.05, 4.69) is 10.3 Å². The first kappa shape index (κ1) is 9.58. The second-order valence-electron chi connectivity index (χ2n) is 3.44. The van der Waals surface area contributed by atoms with E-state index in [-0.39, 0.29) is 11.3 Å². The lowest BCUT2D eigenvalue weighted by Gasteiger charge is -2.06. The fourth-order valence-corrected chi connectivity index (χ4v) is 1.53. The molecule has 1 aromatic carbocycles. The van der Waals surface area contributed by atoms with Crippen LogP contribution in [0.2, 0.25) is 0 Å². The number of aromatic hydroxyl groups is 1. The Bertz CT molecular complexity index is 573. The van der Waals surface area contributed by atoms with Gasteiger partial charge in [0.1, 0.15) is 5.75 Å². The molecule has 0 aliphatic carbocycles. The Labute approximate surface area is 86.6 Å². The zero-order valence-corrected chi connectivity index (χ0v) is 8.59. The number of aromatic amines is 1. The molecule has 15 heavy (non-hydrogen) atoms. The summed E-state index contributed by atoms with van der Waals surface area (Å²) in [6.07, 6.45) is 0. The molecule has 0 bridgehead atoms. The number of hydrogen-bond donors (Lipinski definition) is 3. The third-order valence-electron chi connectivity index (χ3n) is 2.51. The number of pyridine rings is 1. The molecule has 0 fully saturated rings. The van der Waals surface area contributed by atoms with Crippen molar-refractivity contribution in [1.82, 2.24) is 4.98 Å². The SMILES string of the molecule is CNc1ccc2[nH]c(=O)c(C)c(O)c2c1. The van der Waals surface area contributed by atoms with Crippen LogP contribution in [0, 0.1) is 6.92 Å². The van der Waals surface area contributed by atoms with Crippen LogP contribution < -0.4 is 10.9 Å². The lowest BCUT2D eigenvalue weighted by molar-refractivity contribution is 0.476. The summed E-state index contributed by atoms with van der Waals surface area (Å²) in [7, 11) is 1.80. The van der Waals surface area contributed by atoms with E-state index in [1.54, 1.807) is 26.1 Å². The summed E-state index contributed by atoms with van der Waals surface area (Å²) in [5.74, 6) is 0.0471. The fourth-order valence-electron chi connectivity index (χ4n) is 1.53. The molecule has 0 spiro atoms. The third-order valence-corrected chi connectivity index (χ3v) is 2.51. The highest BCUT2D eigenvalue weighted by Gasteiger charge is 2.07. The van der Waals surface area contributed by atoms with Crippen molar-refractivity contribution in [2.75, 3.05) is 12.4 Å². The predicted octanol–water partition coefficient (Wildman–Crippen LogP) is 1.58. The molecule has 0 aliphatic rings. The molecule has 0 saturated carbocycles. The zero-order valence-electron chi connectivity index (χ0n) is 8.59. The molecule has 0 radical (unpaired) electrons. The van der Waals surface area contributed by atoms with E-state index in [0.29, 0.717) is 16.5 Å². The number of rotatable bonds is 1. The normalized spacial score (nSPS) is 10.5. The Kier molecular flexibility index (Phi) is 2.11. The van der Waals surface area contributed by atoms with Crippen LogP contribution in [0.1, 0.15) is 5.56 Å². The molecule has 78 valence electrons. The fraction of sp³-hybridized carbons (Fsp3) is 0.182. The molecule has 3 N–H and O–H groups in total. The molecular weight excluding hydrogens is 192 g/mol. The van der Waals surface area contributed by atoms with Gasteiger partial charge in [0.25, 0.3) is 5.56 Å². The van der Waals surface area contributed by atoms with Gasteiger partial charge in [-0.1, -0.05) is 0 Å². The first-order valence-electron chi connectivity index (χ1n) is 4.67. The van der Waals surface area contributed by atoms with Crippen LogP contribution in [-0.2, 0) is 0 Å². The van der Waals surface area contributed by atoms with Crippen LogP contribution >= 0.6 is 0 Å². The van der Waals surface area contributed by atoms with Crippen molar-refractivity contribution in [2.45, 2.75) is 6.92 Å². The Morgan fingerprint density at radius 1 is 1.40 bits per heavy atom. The average Bonchev–Trinajstić information content (AvgIpc) is 2.26. The summed E-state index contributed by atoms with van der Waals surface area (Å²) >= 11 is 0. The lowest BCUT2D eigenvalue weighted by Crippen LogP contribution is -2.09. The zero-order chi connectivity index (χ0) is 11.0. The molecule has 0 amide bonds.